The summed E-state index contributed by atoms with van der Waals surface area (Å²) in [6.07, 6.45) is 9.37. The number of hydrogen-bond donors (Lipinski definition) is 2. The third kappa shape index (κ3) is 3.68. The molecule has 1 aromatic rings. The highest BCUT2D eigenvalue weighted by atomic mass is 16.2. The molecule has 2 unspecified atom stereocenters. The summed E-state index contributed by atoms with van der Waals surface area (Å²) in [5.74, 6) is -0.290. The number of hydrazine groups is 1. The van der Waals surface area contributed by atoms with Crippen LogP contribution in [-0.4, -0.2) is 23.8 Å². The Morgan fingerprint density at radius 3 is 2.54 bits per heavy atom. The van der Waals surface area contributed by atoms with Gasteiger partial charge in [0.2, 0.25) is 11.8 Å². The zero-order chi connectivity index (χ0) is 19.7. The highest BCUT2D eigenvalue weighted by molar-refractivity contribution is 6.05. The van der Waals surface area contributed by atoms with Gasteiger partial charge in [0.15, 0.2) is 0 Å². The average Bonchev–Trinajstić information content (AvgIpc) is 2.72. The fourth-order valence-corrected chi connectivity index (χ4v) is 4.44. The fourth-order valence-electron chi connectivity index (χ4n) is 4.44. The van der Waals surface area contributed by atoms with Gasteiger partial charge >= 0.3 is 0 Å². The van der Waals surface area contributed by atoms with Crippen molar-refractivity contribution in [3.8, 4) is 0 Å². The van der Waals surface area contributed by atoms with Gasteiger partial charge < -0.3 is 5.32 Å². The molecule has 1 saturated heterocycles. The molecular formula is C22H27N3O3. The first kappa shape index (κ1) is 18.7. The second kappa shape index (κ2) is 7.78. The van der Waals surface area contributed by atoms with Crippen LogP contribution in [0.5, 0.6) is 0 Å². The Bertz CT molecular complexity index is 811. The molecule has 0 bridgehead atoms. The van der Waals surface area contributed by atoms with E-state index in [0.717, 1.165) is 31.6 Å². The topological polar surface area (TPSA) is 78.5 Å². The lowest BCUT2D eigenvalue weighted by atomic mass is 9.80. The van der Waals surface area contributed by atoms with Crippen molar-refractivity contribution in [1.29, 1.82) is 0 Å². The van der Waals surface area contributed by atoms with Gasteiger partial charge in [0.1, 0.15) is 0 Å². The van der Waals surface area contributed by atoms with Crippen LogP contribution in [0, 0.1) is 17.8 Å². The Labute approximate surface area is 165 Å². The van der Waals surface area contributed by atoms with Crippen molar-refractivity contribution < 1.29 is 14.4 Å². The lowest BCUT2D eigenvalue weighted by Crippen LogP contribution is -2.59. The van der Waals surface area contributed by atoms with Crippen molar-refractivity contribution in [1.82, 2.24) is 10.7 Å². The van der Waals surface area contributed by atoms with E-state index in [1.54, 1.807) is 24.3 Å². The van der Waals surface area contributed by atoms with E-state index in [9.17, 15) is 14.4 Å². The number of nitrogens with one attached hydrogen (secondary N) is 2. The minimum absolute atomic E-state index is 0.118. The Morgan fingerprint density at radius 2 is 1.79 bits per heavy atom. The molecule has 0 spiro atoms. The summed E-state index contributed by atoms with van der Waals surface area (Å²) in [7, 11) is 0. The molecule has 6 nitrogen and oxygen atoms in total. The number of hydrogen-bond acceptors (Lipinski definition) is 3. The number of carbonyl (C=O) groups is 3. The van der Waals surface area contributed by atoms with Gasteiger partial charge in [-0.2, -0.15) is 0 Å². The number of amides is 3. The van der Waals surface area contributed by atoms with Crippen LogP contribution >= 0.6 is 0 Å². The molecule has 28 heavy (non-hydrogen) atoms. The standard InChI is InChI=1S/C22H27N3O3/c1-14-9-11-16(12-10-14)23-20(26)15-5-4-6-17(13-15)25-22(28)19-8-3-2-7-18(19)21(27)24-25/h2-6,13-14,16,18-19H,7-12H2,1H3,(H,23,26)(H,24,27). The Kier molecular flexibility index (Phi) is 5.20. The zero-order valence-electron chi connectivity index (χ0n) is 16.2. The van der Waals surface area contributed by atoms with Crippen molar-refractivity contribution >= 4 is 23.4 Å². The number of fused-ring (bicyclic) bond motifs is 1. The summed E-state index contributed by atoms with van der Waals surface area (Å²) >= 11 is 0. The number of rotatable bonds is 3. The monoisotopic (exact) mass is 381 g/mol. The highest BCUT2D eigenvalue weighted by Gasteiger charge is 2.42. The predicted octanol–water partition coefficient (Wildman–Crippen LogP) is 2.96. The van der Waals surface area contributed by atoms with Gasteiger partial charge in [-0.3, -0.25) is 19.8 Å². The van der Waals surface area contributed by atoms with Gasteiger partial charge in [0.25, 0.3) is 5.91 Å². The first-order valence-corrected chi connectivity index (χ1v) is 10.2. The van der Waals surface area contributed by atoms with Crippen molar-refractivity contribution in [2.75, 3.05) is 5.01 Å². The minimum atomic E-state index is -0.333. The van der Waals surface area contributed by atoms with Gasteiger partial charge in [0, 0.05) is 11.6 Å². The normalized spacial score (nSPS) is 29.8. The minimum Gasteiger partial charge on any atom is -0.349 e. The highest BCUT2D eigenvalue weighted by Crippen LogP contribution is 2.32. The van der Waals surface area contributed by atoms with Crippen LogP contribution in [0.25, 0.3) is 0 Å². The molecule has 3 aliphatic rings. The molecule has 1 aliphatic heterocycles. The Hall–Kier alpha value is -2.63. The molecular weight excluding hydrogens is 354 g/mol. The zero-order valence-corrected chi connectivity index (χ0v) is 16.2. The van der Waals surface area contributed by atoms with Gasteiger partial charge in [-0.25, -0.2) is 5.01 Å². The van der Waals surface area contributed by atoms with Gasteiger partial charge in [-0.15, -0.1) is 0 Å². The third-order valence-corrected chi connectivity index (χ3v) is 6.25. The van der Waals surface area contributed by atoms with E-state index < -0.39 is 0 Å². The second-order valence-electron chi connectivity index (χ2n) is 8.29. The molecule has 1 aromatic carbocycles. The summed E-state index contributed by atoms with van der Waals surface area (Å²) in [4.78, 5) is 38.1. The third-order valence-electron chi connectivity index (χ3n) is 6.25. The Morgan fingerprint density at radius 1 is 1.07 bits per heavy atom. The predicted molar refractivity (Wildman–Crippen MR) is 106 cm³/mol. The van der Waals surface area contributed by atoms with Crippen LogP contribution in [0.4, 0.5) is 5.69 Å². The Balaban J connectivity index is 1.49. The summed E-state index contributed by atoms with van der Waals surface area (Å²) in [6, 6.07) is 7.12. The van der Waals surface area contributed by atoms with Crippen LogP contribution in [0.1, 0.15) is 55.8 Å². The van der Waals surface area contributed by atoms with Gasteiger partial charge in [-0.1, -0.05) is 25.1 Å². The molecule has 3 amide bonds. The van der Waals surface area contributed by atoms with Crippen molar-refractivity contribution in [2.24, 2.45) is 17.8 Å². The molecule has 2 N–H and O–H groups in total. The van der Waals surface area contributed by atoms with Crippen LogP contribution in [0.3, 0.4) is 0 Å². The molecule has 2 fully saturated rings. The van der Waals surface area contributed by atoms with E-state index in [4.69, 9.17) is 0 Å². The average molecular weight is 381 g/mol. The molecule has 1 saturated carbocycles. The van der Waals surface area contributed by atoms with E-state index >= 15 is 0 Å². The van der Waals surface area contributed by atoms with Crippen molar-refractivity contribution in [3.63, 3.8) is 0 Å². The van der Waals surface area contributed by atoms with Crippen molar-refractivity contribution in [2.45, 2.75) is 51.5 Å². The van der Waals surface area contributed by atoms with E-state index in [-0.39, 0.29) is 35.6 Å². The first-order valence-electron chi connectivity index (χ1n) is 10.2. The molecule has 148 valence electrons. The van der Waals surface area contributed by atoms with E-state index in [1.807, 2.05) is 12.2 Å². The number of allylic oxidation sites excluding steroid dienone is 2. The molecule has 2 aliphatic carbocycles. The number of carbonyl (C=O) groups excluding carboxylic acids is 3. The molecule has 1 heterocycles. The van der Waals surface area contributed by atoms with Crippen LogP contribution in [0.2, 0.25) is 0 Å². The maximum absolute atomic E-state index is 12.9. The lowest BCUT2D eigenvalue weighted by molar-refractivity contribution is -0.139. The maximum atomic E-state index is 12.9. The largest absolute Gasteiger partial charge is 0.349 e. The molecule has 4 rings (SSSR count). The van der Waals surface area contributed by atoms with E-state index in [0.29, 0.717) is 24.1 Å². The molecule has 2 atom stereocenters. The number of benzene rings is 1. The summed E-state index contributed by atoms with van der Waals surface area (Å²) in [6.45, 7) is 2.25. The number of nitrogens with zero attached hydrogens (tertiary/aromatic N) is 1. The maximum Gasteiger partial charge on any atom is 0.251 e. The lowest BCUT2D eigenvalue weighted by Gasteiger charge is -2.38. The summed E-state index contributed by atoms with van der Waals surface area (Å²) < 4.78 is 0. The van der Waals surface area contributed by atoms with Gasteiger partial charge in [0.05, 0.1) is 17.5 Å². The van der Waals surface area contributed by atoms with Crippen LogP contribution in [-0.2, 0) is 9.59 Å². The molecule has 0 radical (unpaired) electrons. The van der Waals surface area contributed by atoms with Crippen LogP contribution in [0.15, 0.2) is 36.4 Å². The molecule has 6 heteroatoms. The van der Waals surface area contributed by atoms with E-state index in [2.05, 4.69) is 17.7 Å². The number of anilines is 1. The summed E-state index contributed by atoms with van der Waals surface area (Å²) in [5, 5.41) is 4.42. The molecule has 0 aromatic heterocycles. The smallest absolute Gasteiger partial charge is 0.251 e. The fraction of sp³-hybridized carbons (Fsp3) is 0.500. The van der Waals surface area contributed by atoms with Gasteiger partial charge in [-0.05, 0) is 62.6 Å². The summed E-state index contributed by atoms with van der Waals surface area (Å²) in [5.41, 5.74) is 3.74. The quantitative estimate of drug-likeness (QED) is 0.790. The van der Waals surface area contributed by atoms with Crippen molar-refractivity contribution in [3.05, 3.63) is 42.0 Å². The SMILES string of the molecule is CC1CCC(NC(=O)c2cccc(N3NC(=O)C4CC=CCC4C3=O)c2)CC1. The van der Waals surface area contributed by atoms with Crippen LogP contribution < -0.4 is 15.8 Å². The first-order chi connectivity index (χ1) is 13.5. The second-order valence-corrected chi connectivity index (χ2v) is 8.29. The van der Waals surface area contributed by atoms with E-state index in [1.165, 1.54) is 5.01 Å².